The van der Waals surface area contributed by atoms with E-state index in [0.29, 0.717) is 53.0 Å². The van der Waals surface area contributed by atoms with Crippen LogP contribution >= 0.6 is 0 Å². The predicted molar refractivity (Wildman–Crippen MR) is 143 cm³/mol. The zero-order chi connectivity index (χ0) is 27.0. The minimum Gasteiger partial charge on any atom is -0.507 e. The summed E-state index contributed by atoms with van der Waals surface area (Å²) in [4.78, 5) is 30.3. The first-order chi connectivity index (χ1) is 18.3. The van der Waals surface area contributed by atoms with Crippen LogP contribution in [0.15, 0.2) is 66.2 Å². The van der Waals surface area contributed by atoms with E-state index in [2.05, 4.69) is 0 Å². The van der Waals surface area contributed by atoms with Gasteiger partial charge in [0.2, 0.25) is 0 Å². The second-order valence-electron chi connectivity index (χ2n) is 9.05. The molecule has 2 aliphatic rings. The van der Waals surface area contributed by atoms with Crippen molar-refractivity contribution in [3.8, 4) is 23.0 Å². The molecular formula is C29H28N2O7. The number of carbonyl (C=O) groups excluding carboxylic acids is 2. The number of methoxy groups -OCH3 is 2. The summed E-state index contributed by atoms with van der Waals surface area (Å²) >= 11 is 0. The Morgan fingerprint density at radius 3 is 2.24 bits per heavy atom. The van der Waals surface area contributed by atoms with Gasteiger partial charge in [-0.05, 0) is 60.2 Å². The van der Waals surface area contributed by atoms with Gasteiger partial charge in [-0.3, -0.25) is 14.5 Å². The first-order valence-corrected chi connectivity index (χ1v) is 12.0. The van der Waals surface area contributed by atoms with E-state index in [1.807, 2.05) is 31.1 Å². The molecule has 1 fully saturated rings. The third kappa shape index (κ3) is 4.26. The van der Waals surface area contributed by atoms with Crippen molar-refractivity contribution in [2.24, 2.45) is 0 Å². The smallest absolute Gasteiger partial charge is 0.300 e. The quantitative estimate of drug-likeness (QED) is 0.296. The van der Waals surface area contributed by atoms with E-state index >= 15 is 0 Å². The average Bonchev–Trinajstić information content (AvgIpc) is 3.21. The summed E-state index contributed by atoms with van der Waals surface area (Å²) in [7, 11) is 6.86. The summed E-state index contributed by atoms with van der Waals surface area (Å²) in [6.45, 7) is 0.797. The molecule has 0 saturated carbocycles. The zero-order valence-corrected chi connectivity index (χ0v) is 21.6. The van der Waals surface area contributed by atoms with Crippen LogP contribution in [0, 0.1) is 0 Å². The molecule has 0 spiro atoms. The molecule has 1 N–H and O–H groups in total. The maximum atomic E-state index is 13.5. The second-order valence-corrected chi connectivity index (χ2v) is 9.05. The van der Waals surface area contributed by atoms with E-state index in [1.54, 1.807) is 48.5 Å². The lowest BCUT2D eigenvalue weighted by Crippen LogP contribution is -2.29. The molecule has 1 unspecified atom stereocenters. The highest BCUT2D eigenvalue weighted by molar-refractivity contribution is 6.51. The van der Waals surface area contributed by atoms with E-state index in [9.17, 15) is 14.7 Å². The van der Waals surface area contributed by atoms with Crippen LogP contribution in [0.1, 0.15) is 17.2 Å². The van der Waals surface area contributed by atoms with Gasteiger partial charge in [0.15, 0.2) is 23.0 Å². The standard InChI is InChI=1S/C29H28N2O7/c1-30(2)19-7-9-20(10-8-19)31-26(17-5-11-21(35-3)23(15-17)36-4)25(28(33)29(31)34)27(32)18-6-12-22-24(16-18)38-14-13-37-22/h5-12,15-16,26,32H,13-14H2,1-4H3/b27-25+. The highest BCUT2D eigenvalue weighted by Crippen LogP contribution is 2.45. The fraction of sp³-hybridized carbons (Fsp3) is 0.241. The van der Waals surface area contributed by atoms with Gasteiger partial charge >= 0.3 is 0 Å². The van der Waals surface area contributed by atoms with Crippen molar-refractivity contribution >= 4 is 28.8 Å². The van der Waals surface area contributed by atoms with Crippen LogP contribution < -0.4 is 28.7 Å². The molecule has 5 rings (SSSR count). The number of rotatable bonds is 6. The summed E-state index contributed by atoms with van der Waals surface area (Å²) < 4.78 is 22.1. The Morgan fingerprint density at radius 2 is 1.58 bits per heavy atom. The van der Waals surface area contributed by atoms with Crippen molar-refractivity contribution in [3.63, 3.8) is 0 Å². The molecule has 0 radical (unpaired) electrons. The summed E-state index contributed by atoms with van der Waals surface area (Å²) in [5.74, 6) is 0.0678. The third-order valence-corrected chi connectivity index (χ3v) is 6.63. The van der Waals surface area contributed by atoms with Gasteiger partial charge in [-0.1, -0.05) is 6.07 Å². The number of aliphatic hydroxyl groups excluding tert-OH is 1. The van der Waals surface area contributed by atoms with Crippen molar-refractivity contribution in [1.29, 1.82) is 0 Å². The number of benzene rings is 3. The molecule has 196 valence electrons. The molecule has 3 aromatic rings. The Bertz CT molecular complexity index is 1430. The summed E-state index contributed by atoms with van der Waals surface area (Å²) in [5.41, 5.74) is 2.30. The number of Topliss-reactive ketones (excluding diaryl/α,β-unsaturated/α-hetero) is 1. The van der Waals surface area contributed by atoms with Crippen LogP contribution in [0.4, 0.5) is 11.4 Å². The number of ketones is 1. The van der Waals surface area contributed by atoms with Gasteiger partial charge in [-0.2, -0.15) is 0 Å². The molecule has 0 aromatic heterocycles. The molecule has 38 heavy (non-hydrogen) atoms. The van der Waals surface area contributed by atoms with Gasteiger partial charge in [0.1, 0.15) is 19.0 Å². The van der Waals surface area contributed by atoms with Crippen molar-refractivity contribution in [2.45, 2.75) is 6.04 Å². The Labute approximate surface area is 220 Å². The highest BCUT2D eigenvalue weighted by Gasteiger charge is 2.47. The predicted octanol–water partition coefficient (Wildman–Crippen LogP) is 4.17. The van der Waals surface area contributed by atoms with Crippen LogP contribution in [0.5, 0.6) is 23.0 Å². The van der Waals surface area contributed by atoms with Crippen molar-refractivity contribution in [1.82, 2.24) is 0 Å². The van der Waals surface area contributed by atoms with Crippen molar-refractivity contribution in [3.05, 3.63) is 77.4 Å². The lowest BCUT2D eigenvalue weighted by molar-refractivity contribution is -0.132. The van der Waals surface area contributed by atoms with Crippen LogP contribution in [0.2, 0.25) is 0 Å². The highest BCUT2D eigenvalue weighted by atomic mass is 16.6. The van der Waals surface area contributed by atoms with Gasteiger partial charge in [-0.15, -0.1) is 0 Å². The Kier molecular flexibility index (Phi) is 6.59. The molecule has 2 heterocycles. The second kappa shape index (κ2) is 10.0. The van der Waals surface area contributed by atoms with Gasteiger partial charge in [-0.25, -0.2) is 0 Å². The maximum absolute atomic E-state index is 13.5. The number of anilines is 2. The Morgan fingerprint density at radius 1 is 0.895 bits per heavy atom. The van der Waals surface area contributed by atoms with Crippen LogP contribution in [-0.2, 0) is 9.59 Å². The minimum absolute atomic E-state index is 0.0458. The van der Waals surface area contributed by atoms with E-state index < -0.39 is 17.7 Å². The number of hydrogen-bond acceptors (Lipinski definition) is 8. The van der Waals surface area contributed by atoms with E-state index in [0.717, 1.165) is 5.69 Å². The van der Waals surface area contributed by atoms with Gasteiger partial charge in [0, 0.05) is 31.0 Å². The molecular weight excluding hydrogens is 488 g/mol. The lowest BCUT2D eigenvalue weighted by Gasteiger charge is -2.26. The fourth-order valence-electron chi connectivity index (χ4n) is 4.69. The van der Waals surface area contributed by atoms with Crippen molar-refractivity contribution < 1.29 is 33.6 Å². The fourth-order valence-corrected chi connectivity index (χ4v) is 4.69. The molecule has 0 bridgehead atoms. The molecule has 9 nitrogen and oxygen atoms in total. The molecule has 3 aromatic carbocycles. The summed E-state index contributed by atoms with van der Waals surface area (Å²) in [6.07, 6.45) is 0. The first kappa shape index (κ1) is 25.0. The van der Waals surface area contributed by atoms with Crippen LogP contribution in [0.25, 0.3) is 5.76 Å². The van der Waals surface area contributed by atoms with Crippen LogP contribution in [0.3, 0.4) is 0 Å². The van der Waals surface area contributed by atoms with Gasteiger partial charge < -0.3 is 29.0 Å². The van der Waals surface area contributed by atoms with Gasteiger partial charge in [0.05, 0.1) is 25.8 Å². The monoisotopic (exact) mass is 516 g/mol. The normalized spacial score (nSPS) is 17.9. The van der Waals surface area contributed by atoms with E-state index in [4.69, 9.17) is 18.9 Å². The van der Waals surface area contributed by atoms with E-state index in [1.165, 1.54) is 19.1 Å². The lowest BCUT2D eigenvalue weighted by atomic mass is 9.94. The van der Waals surface area contributed by atoms with Gasteiger partial charge in [0.25, 0.3) is 11.7 Å². The summed E-state index contributed by atoms with van der Waals surface area (Å²) in [5, 5.41) is 11.5. The number of fused-ring (bicyclic) bond motifs is 1. The third-order valence-electron chi connectivity index (χ3n) is 6.63. The topological polar surface area (TPSA) is 97.8 Å². The van der Waals surface area contributed by atoms with E-state index in [-0.39, 0.29) is 11.3 Å². The number of aliphatic hydroxyl groups is 1. The Balaban J connectivity index is 1.69. The average molecular weight is 517 g/mol. The molecule has 0 aliphatic carbocycles. The SMILES string of the molecule is COc1ccc(C2/C(=C(\O)c3ccc4c(c3)OCCO4)C(=O)C(=O)N2c2ccc(N(C)C)cc2)cc1OC. The number of ether oxygens (including phenoxy) is 4. The number of carbonyl (C=O) groups is 2. The van der Waals surface area contributed by atoms with Crippen molar-refractivity contribution in [2.75, 3.05) is 51.3 Å². The minimum atomic E-state index is -0.923. The summed E-state index contributed by atoms with van der Waals surface area (Å²) in [6, 6.07) is 16.4. The molecule has 2 aliphatic heterocycles. The molecule has 1 saturated heterocycles. The molecule has 9 heteroatoms. The first-order valence-electron chi connectivity index (χ1n) is 12.0. The van der Waals surface area contributed by atoms with Crippen LogP contribution in [-0.4, -0.2) is 58.3 Å². The molecule has 1 atom stereocenters. The zero-order valence-electron chi connectivity index (χ0n) is 21.6. The number of nitrogens with zero attached hydrogens (tertiary/aromatic N) is 2. The largest absolute Gasteiger partial charge is 0.507 e. The maximum Gasteiger partial charge on any atom is 0.300 e. The molecule has 1 amide bonds. The number of hydrogen-bond donors (Lipinski definition) is 1. The Hall–Kier alpha value is -4.66. The number of amides is 1.